The molecule has 0 aliphatic carbocycles. The molecule has 0 unspecified atom stereocenters. The second kappa shape index (κ2) is 9.16. The number of aryl methyl sites for hydroxylation is 1. The standard InChI is InChI=1S/C16H30N2O2/c1-6-19-8-7-18(5)12-15-9-14(4)16(20-15)11-17-10-13(2)3/h9,13,17H,6-8,10-12H2,1-5H3. The Hall–Kier alpha value is -0.840. The summed E-state index contributed by atoms with van der Waals surface area (Å²) in [5, 5.41) is 3.42. The van der Waals surface area contributed by atoms with E-state index < -0.39 is 0 Å². The van der Waals surface area contributed by atoms with Crippen molar-refractivity contribution in [3.63, 3.8) is 0 Å². The van der Waals surface area contributed by atoms with Crippen LogP contribution in [0, 0.1) is 12.8 Å². The van der Waals surface area contributed by atoms with E-state index in [2.05, 4.69) is 44.1 Å². The maximum Gasteiger partial charge on any atom is 0.120 e. The van der Waals surface area contributed by atoms with Gasteiger partial charge in [0.1, 0.15) is 11.5 Å². The van der Waals surface area contributed by atoms with Crippen molar-refractivity contribution in [2.75, 3.05) is 33.4 Å². The summed E-state index contributed by atoms with van der Waals surface area (Å²) < 4.78 is 11.3. The molecule has 0 amide bonds. The van der Waals surface area contributed by atoms with Gasteiger partial charge in [0.15, 0.2) is 0 Å². The lowest BCUT2D eigenvalue weighted by Gasteiger charge is -2.14. The molecule has 0 spiro atoms. The Balaban J connectivity index is 2.39. The molecule has 1 aromatic rings. The zero-order chi connectivity index (χ0) is 15.0. The van der Waals surface area contributed by atoms with E-state index in [4.69, 9.17) is 9.15 Å². The molecular weight excluding hydrogens is 252 g/mol. The third kappa shape index (κ3) is 6.55. The molecule has 1 N–H and O–H groups in total. The Morgan fingerprint density at radius 2 is 2.15 bits per heavy atom. The van der Waals surface area contributed by atoms with E-state index in [-0.39, 0.29) is 0 Å². The van der Waals surface area contributed by atoms with Crippen LogP contribution in [0.3, 0.4) is 0 Å². The molecule has 4 heteroatoms. The molecule has 0 saturated carbocycles. The van der Waals surface area contributed by atoms with E-state index in [1.54, 1.807) is 0 Å². The summed E-state index contributed by atoms with van der Waals surface area (Å²) in [6.45, 7) is 13.7. The number of ether oxygens (including phenoxy) is 1. The van der Waals surface area contributed by atoms with Crippen LogP contribution in [0.4, 0.5) is 0 Å². The largest absolute Gasteiger partial charge is 0.463 e. The van der Waals surface area contributed by atoms with Crippen molar-refractivity contribution in [3.05, 3.63) is 23.2 Å². The predicted molar refractivity (Wildman–Crippen MR) is 82.8 cm³/mol. The van der Waals surface area contributed by atoms with E-state index in [1.807, 2.05) is 6.92 Å². The first-order valence-corrected chi connectivity index (χ1v) is 7.58. The van der Waals surface area contributed by atoms with Crippen molar-refractivity contribution in [1.29, 1.82) is 0 Å². The van der Waals surface area contributed by atoms with Crippen LogP contribution in [-0.4, -0.2) is 38.3 Å². The number of hydrogen-bond donors (Lipinski definition) is 1. The number of nitrogens with one attached hydrogen (secondary N) is 1. The van der Waals surface area contributed by atoms with Crippen molar-refractivity contribution in [2.45, 2.75) is 40.8 Å². The quantitative estimate of drug-likeness (QED) is 0.670. The van der Waals surface area contributed by atoms with Gasteiger partial charge in [0.2, 0.25) is 0 Å². The van der Waals surface area contributed by atoms with E-state index in [0.717, 1.165) is 50.9 Å². The molecule has 20 heavy (non-hydrogen) atoms. The minimum Gasteiger partial charge on any atom is -0.463 e. The van der Waals surface area contributed by atoms with Gasteiger partial charge >= 0.3 is 0 Å². The summed E-state index contributed by atoms with van der Waals surface area (Å²) in [5.74, 6) is 2.75. The van der Waals surface area contributed by atoms with Gasteiger partial charge in [-0.15, -0.1) is 0 Å². The fourth-order valence-electron chi connectivity index (χ4n) is 2.03. The minimum atomic E-state index is 0.662. The lowest BCUT2D eigenvalue weighted by atomic mass is 10.2. The van der Waals surface area contributed by atoms with Crippen LogP contribution >= 0.6 is 0 Å². The van der Waals surface area contributed by atoms with E-state index in [1.165, 1.54) is 5.56 Å². The van der Waals surface area contributed by atoms with Crippen molar-refractivity contribution >= 4 is 0 Å². The highest BCUT2D eigenvalue weighted by Crippen LogP contribution is 2.16. The van der Waals surface area contributed by atoms with Crippen LogP contribution in [0.5, 0.6) is 0 Å². The fraction of sp³-hybridized carbons (Fsp3) is 0.750. The maximum atomic E-state index is 5.93. The number of rotatable bonds is 10. The third-order valence-electron chi connectivity index (χ3n) is 3.16. The van der Waals surface area contributed by atoms with E-state index in [0.29, 0.717) is 5.92 Å². The van der Waals surface area contributed by atoms with Gasteiger partial charge in [-0.3, -0.25) is 4.90 Å². The average molecular weight is 282 g/mol. The molecule has 0 saturated heterocycles. The van der Waals surface area contributed by atoms with Crippen LogP contribution in [0.2, 0.25) is 0 Å². The van der Waals surface area contributed by atoms with Crippen molar-refractivity contribution < 1.29 is 9.15 Å². The maximum absolute atomic E-state index is 5.93. The lowest BCUT2D eigenvalue weighted by Crippen LogP contribution is -2.22. The van der Waals surface area contributed by atoms with Gasteiger partial charge < -0.3 is 14.5 Å². The zero-order valence-electron chi connectivity index (χ0n) is 13.7. The van der Waals surface area contributed by atoms with Crippen LogP contribution in [0.25, 0.3) is 0 Å². The molecule has 0 fully saturated rings. The summed E-state index contributed by atoms with van der Waals surface area (Å²) in [7, 11) is 2.09. The summed E-state index contributed by atoms with van der Waals surface area (Å²) in [5.41, 5.74) is 1.23. The summed E-state index contributed by atoms with van der Waals surface area (Å²) in [6, 6.07) is 2.14. The van der Waals surface area contributed by atoms with Gasteiger partial charge in [-0.1, -0.05) is 13.8 Å². The Bertz CT molecular complexity index is 375. The average Bonchev–Trinajstić information content (AvgIpc) is 2.69. The first-order chi connectivity index (χ1) is 9.52. The Morgan fingerprint density at radius 1 is 1.40 bits per heavy atom. The van der Waals surface area contributed by atoms with Gasteiger partial charge in [-0.2, -0.15) is 0 Å². The molecule has 0 aromatic carbocycles. The molecule has 0 aliphatic heterocycles. The highest BCUT2D eigenvalue weighted by atomic mass is 16.5. The fourth-order valence-corrected chi connectivity index (χ4v) is 2.03. The van der Waals surface area contributed by atoms with Crippen LogP contribution in [-0.2, 0) is 17.8 Å². The normalized spacial score (nSPS) is 11.8. The first-order valence-electron chi connectivity index (χ1n) is 7.58. The molecule has 0 radical (unpaired) electrons. The highest BCUT2D eigenvalue weighted by Gasteiger charge is 2.09. The van der Waals surface area contributed by atoms with Crippen LogP contribution in [0.15, 0.2) is 10.5 Å². The number of furan rings is 1. The van der Waals surface area contributed by atoms with Gasteiger partial charge in [0.05, 0.1) is 19.7 Å². The molecular formula is C16H30N2O2. The molecule has 0 aliphatic rings. The molecule has 4 nitrogen and oxygen atoms in total. The van der Waals surface area contributed by atoms with Crippen molar-refractivity contribution in [1.82, 2.24) is 10.2 Å². The Kier molecular flexibility index (Phi) is 7.88. The lowest BCUT2D eigenvalue weighted by molar-refractivity contribution is 0.118. The second-order valence-corrected chi connectivity index (χ2v) is 5.78. The Morgan fingerprint density at radius 3 is 2.80 bits per heavy atom. The van der Waals surface area contributed by atoms with Gasteiger partial charge in [0.25, 0.3) is 0 Å². The van der Waals surface area contributed by atoms with Gasteiger partial charge in [-0.05, 0) is 45.0 Å². The van der Waals surface area contributed by atoms with Crippen molar-refractivity contribution in [3.8, 4) is 0 Å². The molecule has 1 heterocycles. The second-order valence-electron chi connectivity index (χ2n) is 5.78. The van der Waals surface area contributed by atoms with Crippen molar-refractivity contribution in [2.24, 2.45) is 5.92 Å². The molecule has 1 rings (SSSR count). The first kappa shape index (κ1) is 17.2. The zero-order valence-corrected chi connectivity index (χ0v) is 13.7. The van der Waals surface area contributed by atoms with E-state index >= 15 is 0 Å². The van der Waals surface area contributed by atoms with E-state index in [9.17, 15) is 0 Å². The summed E-state index contributed by atoms with van der Waals surface area (Å²) in [4.78, 5) is 2.22. The molecule has 0 bridgehead atoms. The summed E-state index contributed by atoms with van der Waals surface area (Å²) in [6.07, 6.45) is 0. The predicted octanol–water partition coefficient (Wildman–Crippen LogP) is 2.80. The number of nitrogens with zero attached hydrogens (tertiary/aromatic N) is 1. The monoisotopic (exact) mass is 282 g/mol. The SMILES string of the molecule is CCOCCN(C)Cc1cc(C)c(CNCC(C)C)o1. The number of likely N-dealkylation sites (N-methyl/N-ethyl adjacent to an activating group) is 1. The Labute approximate surface area is 123 Å². The molecule has 1 aromatic heterocycles. The van der Waals surface area contributed by atoms with Crippen LogP contribution < -0.4 is 5.32 Å². The number of hydrogen-bond acceptors (Lipinski definition) is 4. The third-order valence-corrected chi connectivity index (χ3v) is 3.16. The molecule has 0 atom stereocenters. The minimum absolute atomic E-state index is 0.662. The summed E-state index contributed by atoms with van der Waals surface area (Å²) >= 11 is 0. The molecule has 116 valence electrons. The van der Waals surface area contributed by atoms with Crippen LogP contribution in [0.1, 0.15) is 37.9 Å². The topological polar surface area (TPSA) is 37.6 Å². The smallest absolute Gasteiger partial charge is 0.120 e. The van der Waals surface area contributed by atoms with Gasteiger partial charge in [0, 0.05) is 13.2 Å². The highest BCUT2D eigenvalue weighted by molar-refractivity contribution is 5.20. The van der Waals surface area contributed by atoms with Gasteiger partial charge in [-0.25, -0.2) is 0 Å².